The van der Waals surface area contributed by atoms with E-state index in [1.165, 1.54) is 17.4 Å². The zero-order valence-electron chi connectivity index (χ0n) is 16.5. The first-order valence-electron chi connectivity index (χ1n) is 9.47. The van der Waals surface area contributed by atoms with E-state index in [4.69, 9.17) is 0 Å². The van der Waals surface area contributed by atoms with E-state index in [1.807, 2.05) is 55.5 Å². The highest BCUT2D eigenvalue weighted by atomic mass is 32.2. The molecule has 1 amide bonds. The van der Waals surface area contributed by atoms with Crippen molar-refractivity contribution >= 4 is 40.3 Å². The first-order chi connectivity index (χ1) is 13.6. The summed E-state index contributed by atoms with van der Waals surface area (Å²) in [7, 11) is 0. The summed E-state index contributed by atoms with van der Waals surface area (Å²) < 4.78 is 0. The van der Waals surface area contributed by atoms with Crippen molar-refractivity contribution in [1.29, 1.82) is 0 Å². The van der Waals surface area contributed by atoms with E-state index in [2.05, 4.69) is 47.3 Å². The Bertz CT molecular complexity index is 911. The van der Waals surface area contributed by atoms with Gasteiger partial charge in [0.1, 0.15) is 0 Å². The van der Waals surface area contributed by atoms with E-state index in [1.54, 1.807) is 0 Å². The third-order valence-corrected chi connectivity index (χ3v) is 5.32. The lowest BCUT2D eigenvalue weighted by molar-refractivity contribution is -0.115. The molecule has 0 aromatic heterocycles. The van der Waals surface area contributed by atoms with Crippen LogP contribution >= 0.6 is 11.8 Å². The molecule has 3 rings (SSSR count). The first kappa shape index (κ1) is 20.0. The molecule has 144 valence electrons. The molecule has 0 atom stereocenters. The molecule has 1 heterocycles. The predicted molar refractivity (Wildman–Crippen MR) is 121 cm³/mol. The van der Waals surface area contributed by atoms with Gasteiger partial charge in [-0.3, -0.25) is 4.79 Å². The summed E-state index contributed by atoms with van der Waals surface area (Å²) in [4.78, 5) is 19.8. The fraction of sp³-hybridized carbons (Fsp3) is 0.217. The molecule has 0 spiro atoms. The van der Waals surface area contributed by atoms with Crippen molar-refractivity contribution in [3.05, 3.63) is 76.7 Å². The number of anilines is 1. The lowest BCUT2D eigenvalue weighted by atomic mass is 10.1. The van der Waals surface area contributed by atoms with Crippen LogP contribution in [-0.2, 0) is 4.79 Å². The molecule has 28 heavy (non-hydrogen) atoms. The minimum Gasteiger partial charge on any atom is -0.372 e. The number of benzene rings is 2. The van der Waals surface area contributed by atoms with Crippen molar-refractivity contribution in [3.8, 4) is 0 Å². The molecule has 0 saturated carbocycles. The minimum atomic E-state index is -0.107. The third kappa shape index (κ3) is 5.14. The van der Waals surface area contributed by atoms with E-state index in [-0.39, 0.29) is 5.91 Å². The van der Waals surface area contributed by atoms with Gasteiger partial charge >= 0.3 is 0 Å². The van der Waals surface area contributed by atoms with E-state index < -0.39 is 0 Å². The van der Waals surface area contributed by atoms with Gasteiger partial charge in [0, 0.05) is 18.8 Å². The average molecular weight is 392 g/mol. The SMILES string of the molecule is CCN(CC)c1ccc(N=C2NC(=O)C(=CC(C)=Cc3ccccc3)S2)cc1. The monoisotopic (exact) mass is 391 g/mol. The van der Waals surface area contributed by atoms with Crippen LogP contribution in [0.3, 0.4) is 0 Å². The van der Waals surface area contributed by atoms with Crippen LogP contribution in [0.2, 0.25) is 0 Å². The van der Waals surface area contributed by atoms with E-state index in [9.17, 15) is 4.79 Å². The molecule has 1 saturated heterocycles. The number of hydrogen-bond donors (Lipinski definition) is 1. The van der Waals surface area contributed by atoms with Crippen LogP contribution in [0.4, 0.5) is 11.4 Å². The molecule has 2 aromatic rings. The molecule has 5 heteroatoms. The van der Waals surface area contributed by atoms with Crippen molar-refractivity contribution in [3.63, 3.8) is 0 Å². The molecule has 4 nitrogen and oxygen atoms in total. The molecular weight excluding hydrogens is 366 g/mol. The van der Waals surface area contributed by atoms with Gasteiger partial charge in [0.25, 0.3) is 5.91 Å². The number of allylic oxidation sites excluding steroid dienone is 2. The van der Waals surface area contributed by atoms with Gasteiger partial charge in [-0.15, -0.1) is 0 Å². The molecule has 1 N–H and O–H groups in total. The van der Waals surface area contributed by atoms with Gasteiger partial charge in [0.2, 0.25) is 0 Å². The van der Waals surface area contributed by atoms with Gasteiger partial charge in [0.15, 0.2) is 5.17 Å². The van der Waals surface area contributed by atoms with Crippen LogP contribution in [0, 0.1) is 0 Å². The number of amides is 1. The Morgan fingerprint density at radius 1 is 1.07 bits per heavy atom. The Morgan fingerprint density at radius 3 is 2.39 bits per heavy atom. The summed E-state index contributed by atoms with van der Waals surface area (Å²) in [5, 5.41) is 3.46. The average Bonchev–Trinajstić information content (AvgIpc) is 3.03. The number of rotatable bonds is 6. The third-order valence-electron chi connectivity index (χ3n) is 4.41. The summed E-state index contributed by atoms with van der Waals surface area (Å²) in [6.07, 6.45) is 3.96. The standard InChI is InChI=1S/C23H25N3OS/c1-4-26(5-2)20-13-11-19(12-14-20)24-23-25-22(27)21(28-23)16-17(3)15-18-9-7-6-8-10-18/h6-16H,4-5H2,1-3H3,(H,24,25,27). The first-order valence-corrected chi connectivity index (χ1v) is 10.3. The molecule has 2 aromatic carbocycles. The highest BCUT2D eigenvalue weighted by Crippen LogP contribution is 2.28. The van der Waals surface area contributed by atoms with Gasteiger partial charge in [-0.25, -0.2) is 4.99 Å². The molecule has 0 bridgehead atoms. The second-order valence-corrected chi connectivity index (χ2v) is 7.50. The van der Waals surface area contributed by atoms with E-state index >= 15 is 0 Å². The molecule has 0 aliphatic carbocycles. The van der Waals surface area contributed by atoms with Gasteiger partial charge in [0.05, 0.1) is 10.6 Å². The number of amidine groups is 1. The summed E-state index contributed by atoms with van der Waals surface area (Å²) in [5.41, 5.74) is 4.15. The van der Waals surface area contributed by atoms with Crippen molar-refractivity contribution in [2.24, 2.45) is 4.99 Å². The molecule has 0 unspecified atom stereocenters. The molecule has 0 radical (unpaired) electrons. The van der Waals surface area contributed by atoms with Crippen LogP contribution in [0.1, 0.15) is 26.3 Å². The molecular formula is C23H25N3OS. The van der Waals surface area contributed by atoms with Gasteiger partial charge < -0.3 is 10.2 Å². The fourth-order valence-electron chi connectivity index (χ4n) is 2.99. The minimum absolute atomic E-state index is 0.107. The second-order valence-electron chi connectivity index (χ2n) is 6.47. The summed E-state index contributed by atoms with van der Waals surface area (Å²) in [6.45, 7) is 8.23. The molecule has 1 fully saturated rings. The number of carbonyl (C=O) groups is 1. The zero-order chi connectivity index (χ0) is 19.9. The number of thioether (sulfide) groups is 1. The number of nitrogens with zero attached hydrogens (tertiary/aromatic N) is 2. The maximum absolute atomic E-state index is 12.3. The maximum Gasteiger partial charge on any atom is 0.264 e. The Morgan fingerprint density at radius 2 is 1.75 bits per heavy atom. The summed E-state index contributed by atoms with van der Waals surface area (Å²) in [6, 6.07) is 18.2. The normalized spacial score (nSPS) is 17.2. The van der Waals surface area contributed by atoms with Gasteiger partial charge in [-0.2, -0.15) is 0 Å². The highest BCUT2D eigenvalue weighted by Gasteiger charge is 2.23. The fourth-order valence-corrected chi connectivity index (χ4v) is 3.88. The van der Waals surface area contributed by atoms with Crippen LogP contribution < -0.4 is 10.2 Å². The lowest BCUT2D eigenvalue weighted by Crippen LogP contribution is -2.21. The second kappa shape index (κ2) is 9.42. The number of hydrogen-bond acceptors (Lipinski definition) is 4. The Balaban J connectivity index is 1.72. The number of carbonyl (C=O) groups excluding carboxylic acids is 1. The van der Waals surface area contributed by atoms with Crippen LogP contribution in [-0.4, -0.2) is 24.2 Å². The van der Waals surface area contributed by atoms with Crippen LogP contribution in [0.15, 0.2) is 76.1 Å². The highest BCUT2D eigenvalue weighted by molar-refractivity contribution is 8.18. The number of nitrogens with one attached hydrogen (secondary N) is 1. The predicted octanol–water partition coefficient (Wildman–Crippen LogP) is 5.37. The van der Waals surface area contributed by atoms with Crippen molar-refractivity contribution < 1.29 is 4.79 Å². The Labute approximate surface area is 171 Å². The Kier molecular flexibility index (Phi) is 6.71. The molecule has 1 aliphatic rings. The molecule has 1 aliphatic heterocycles. The largest absolute Gasteiger partial charge is 0.372 e. The zero-order valence-corrected chi connectivity index (χ0v) is 17.3. The van der Waals surface area contributed by atoms with E-state index in [0.717, 1.165) is 29.9 Å². The summed E-state index contributed by atoms with van der Waals surface area (Å²) >= 11 is 1.37. The number of aliphatic imine (C=N–C) groups is 1. The smallest absolute Gasteiger partial charge is 0.264 e. The van der Waals surface area contributed by atoms with Crippen molar-refractivity contribution in [1.82, 2.24) is 5.32 Å². The van der Waals surface area contributed by atoms with Crippen LogP contribution in [0.5, 0.6) is 0 Å². The maximum atomic E-state index is 12.3. The Hall–Kier alpha value is -2.79. The van der Waals surface area contributed by atoms with Crippen molar-refractivity contribution in [2.45, 2.75) is 20.8 Å². The van der Waals surface area contributed by atoms with Gasteiger partial charge in [-0.1, -0.05) is 36.4 Å². The topological polar surface area (TPSA) is 44.7 Å². The van der Waals surface area contributed by atoms with E-state index in [0.29, 0.717) is 10.1 Å². The van der Waals surface area contributed by atoms with Crippen molar-refractivity contribution in [2.75, 3.05) is 18.0 Å². The van der Waals surface area contributed by atoms with Gasteiger partial charge in [-0.05, 0) is 74.0 Å². The lowest BCUT2D eigenvalue weighted by Gasteiger charge is -2.20. The summed E-state index contributed by atoms with van der Waals surface area (Å²) in [5.74, 6) is -0.107. The van der Waals surface area contributed by atoms with Crippen LogP contribution in [0.25, 0.3) is 6.08 Å². The quantitative estimate of drug-likeness (QED) is 0.673.